The number of nitrogens with zero attached hydrogens (tertiary/aromatic N) is 1. The minimum atomic E-state index is -0.469. The van der Waals surface area contributed by atoms with Crippen molar-refractivity contribution in [1.82, 2.24) is 20.9 Å². The second kappa shape index (κ2) is 7.47. The summed E-state index contributed by atoms with van der Waals surface area (Å²) in [7, 11) is 1.53. The highest BCUT2D eigenvalue weighted by atomic mass is 16.5. The minimum absolute atomic E-state index is 0.124. The molecule has 1 fully saturated rings. The maximum atomic E-state index is 11.9. The van der Waals surface area contributed by atoms with E-state index < -0.39 is 6.04 Å². The highest BCUT2D eigenvalue weighted by Crippen LogP contribution is 2.12. The highest BCUT2D eigenvalue weighted by molar-refractivity contribution is 5.87. The molecule has 1 aromatic heterocycles. The van der Waals surface area contributed by atoms with Crippen LogP contribution in [0.1, 0.15) is 24.8 Å². The number of amides is 3. The standard InChI is InChI=1S/C14H20N4O3/c1-21-13-10(5-4-8-16-13)9-17-14(20)18-11-6-2-3-7-15-12(11)19/h4-5,8,11H,2-3,6-7,9H2,1H3,(H,15,19)(H2,17,18,20)/t11-/m1/s1. The van der Waals surface area contributed by atoms with Crippen LogP contribution in [0.4, 0.5) is 4.79 Å². The van der Waals surface area contributed by atoms with Crippen LogP contribution in [0.25, 0.3) is 0 Å². The summed E-state index contributed by atoms with van der Waals surface area (Å²) in [5.74, 6) is 0.353. The van der Waals surface area contributed by atoms with Gasteiger partial charge in [0, 0.05) is 24.8 Å². The van der Waals surface area contributed by atoms with Crippen LogP contribution < -0.4 is 20.7 Å². The number of pyridine rings is 1. The molecule has 0 unspecified atom stereocenters. The van der Waals surface area contributed by atoms with Crippen molar-refractivity contribution >= 4 is 11.9 Å². The second-order valence-electron chi connectivity index (χ2n) is 4.84. The number of ether oxygens (including phenoxy) is 1. The molecule has 1 saturated heterocycles. The Labute approximate surface area is 123 Å². The zero-order valence-corrected chi connectivity index (χ0v) is 12.0. The van der Waals surface area contributed by atoms with Crippen LogP contribution in [0.5, 0.6) is 5.88 Å². The van der Waals surface area contributed by atoms with Crippen molar-refractivity contribution in [2.75, 3.05) is 13.7 Å². The Balaban J connectivity index is 1.85. The van der Waals surface area contributed by atoms with Crippen molar-refractivity contribution in [3.63, 3.8) is 0 Å². The quantitative estimate of drug-likeness (QED) is 0.756. The van der Waals surface area contributed by atoms with E-state index in [2.05, 4.69) is 20.9 Å². The molecule has 3 N–H and O–H groups in total. The average Bonchev–Trinajstić information content (AvgIpc) is 2.70. The molecule has 0 saturated carbocycles. The lowest BCUT2D eigenvalue weighted by Crippen LogP contribution is -2.48. The Morgan fingerprint density at radius 1 is 1.52 bits per heavy atom. The van der Waals surface area contributed by atoms with Gasteiger partial charge < -0.3 is 20.7 Å². The van der Waals surface area contributed by atoms with E-state index in [1.54, 1.807) is 12.3 Å². The van der Waals surface area contributed by atoms with Crippen LogP contribution in [0.15, 0.2) is 18.3 Å². The third-order valence-corrected chi connectivity index (χ3v) is 3.32. The molecule has 0 radical (unpaired) electrons. The first-order valence-corrected chi connectivity index (χ1v) is 7.00. The van der Waals surface area contributed by atoms with E-state index in [1.807, 2.05) is 6.07 Å². The lowest BCUT2D eigenvalue weighted by atomic mass is 10.1. The van der Waals surface area contributed by atoms with Gasteiger partial charge in [-0.2, -0.15) is 0 Å². The summed E-state index contributed by atoms with van der Waals surface area (Å²) in [4.78, 5) is 27.7. The SMILES string of the molecule is COc1ncccc1CNC(=O)N[C@@H]1CCCCNC1=O. The lowest BCUT2D eigenvalue weighted by Gasteiger charge is -2.16. The van der Waals surface area contributed by atoms with Gasteiger partial charge in [0.25, 0.3) is 0 Å². The Hall–Kier alpha value is -2.31. The molecule has 0 spiro atoms. The molecule has 0 bridgehead atoms. The first kappa shape index (κ1) is 15.1. The summed E-state index contributed by atoms with van der Waals surface area (Å²) in [5, 5.41) is 8.19. The summed E-state index contributed by atoms with van der Waals surface area (Å²) >= 11 is 0. The van der Waals surface area contributed by atoms with E-state index in [1.165, 1.54) is 7.11 Å². The van der Waals surface area contributed by atoms with Crippen molar-refractivity contribution in [1.29, 1.82) is 0 Å². The van der Waals surface area contributed by atoms with E-state index >= 15 is 0 Å². The topological polar surface area (TPSA) is 92.3 Å². The third-order valence-electron chi connectivity index (χ3n) is 3.32. The molecule has 1 atom stereocenters. The molecule has 21 heavy (non-hydrogen) atoms. The number of methoxy groups -OCH3 is 1. The number of hydrogen-bond donors (Lipinski definition) is 3. The smallest absolute Gasteiger partial charge is 0.315 e. The van der Waals surface area contributed by atoms with Gasteiger partial charge >= 0.3 is 6.03 Å². The number of aromatic nitrogens is 1. The Morgan fingerprint density at radius 2 is 2.38 bits per heavy atom. The fraction of sp³-hybridized carbons (Fsp3) is 0.500. The number of carbonyl (C=O) groups is 2. The van der Waals surface area contributed by atoms with E-state index in [9.17, 15) is 9.59 Å². The minimum Gasteiger partial charge on any atom is -0.481 e. The zero-order chi connectivity index (χ0) is 15.1. The Bertz CT molecular complexity index is 507. The van der Waals surface area contributed by atoms with Gasteiger partial charge in [0.15, 0.2) is 0 Å². The maximum absolute atomic E-state index is 11.9. The zero-order valence-electron chi connectivity index (χ0n) is 12.0. The molecule has 7 heteroatoms. The number of hydrogen-bond acceptors (Lipinski definition) is 4. The van der Waals surface area contributed by atoms with Crippen molar-refractivity contribution in [2.45, 2.75) is 31.8 Å². The summed E-state index contributed by atoms with van der Waals surface area (Å²) < 4.78 is 5.11. The molecular weight excluding hydrogens is 272 g/mol. The van der Waals surface area contributed by atoms with Crippen molar-refractivity contribution < 1.29 is 14.3 Å². The van der Waals surface area contributed by atoms with Gasteiger partial charge in [-0.3, -0.25) is 4.79 Å². The molecule has 1 aromatic rings. The third kappa shape index (κ3) is 4.34. The Kier molecular flexibility index (Phi) is 5.36. The van der Waals surface area contributed by atoms with Crippen molar-refractivity contribution in [2.24, 2.45) is 0 Å². The van der Waals surface area contributed by atoms with Crippen LogP contribution in [0.2, 0.25) is 0 Å². The van der Waals surface area contributed by atoms with Gasteiger partial charge in [-0.05, 0) is 25.3 Å². The second-order valence-corrected chi connectivity index (χ2v) is 4.84. The van der Waals surface area contributed by atoms with E-state index in [0.717, 1.165) is 18.4 Å². The van der Waals surface area contributed by atoms with Gasteiger partial charge in [-0.1, -0.05) is 6.07 Å². The molecule has 1 aliphatic rings. The normalized spacial score (nSPS) is 18.3. The molecule has 3 amide bonds. The monoisotopic (exact) mass is 292 g/mol. The molecule has 2 heterocycles. The van der Waals surface area contributed by atoms with E-state index in [4.69, 9.17) is 4.74 Å². The predicted molar refractivity (Wildman–Crippen MR) is 76.8 cm³/mol. The fourth-order valence-corrected chi connectivity index (χ4v) is 2.20. The molecule has 1 aliphatic heterocycles. The number of rotatable bonds is 4. The fourth-order valence-electron chi connectivity index (χ4n) is 2.20. The van der Waals surface area contributed by atoms with Crippen LogP contribution >= 0.6 is 0 Å². The van der Waals surface area contributed by atoms with Crippen molar-refractivity contribution in [3.05, 3.63) is 23.9 Å². The highest BCUT2D eigenvalue weighted by Gasteiger charge is 2.22. The molecule has 0 aromatic carbocycles. The number of carbonyl (C=O) groups excluding carboxylic acids is 2. The van der Waals surface area contributed by atoms with Crippen LogP contribution in [-0.2, 0) is 11.3 Å². The molecule has 7 nitrogen and oxygen atoms in total. The number of nitrogens with one attached hydrogen (secondary N) is 3. The first-order chi connectivity index (χ1) is 10.2. The van der Waals surface area contributed by atoms with E-state index in [-0.39, 0.29) is 18.5 Å². The first-order valence-electron chi connectivity index (χ1n) is 7.00. The summed E-state index contributed by atoms with van der Waals surface area (Å²) in [6.45, 7) is 0.961. The van der Waals surface area contributed by atoms with Crippen LogP contribution in [0, 0.1) is 0 Å². The molecular formula is C14H20N4O3. The summed E-state index contributed by atoms with van der Waals surface area (Å²) in [6, 6.07) is 2.76. The van der Waals surface area contributed by atoms with Gasteiger partial charge in [-0.15, -0.1) is 0 Å². The van der Waals surface area contributed by atoms with Gasteiger partial charge in [0.05, 0.1) is 7.11 Å². The maximum Gasteiger partial charge on any atom is 0.315 e. The average molecular weight is 292 g/mol. The van der Waals surface area contributed by atoms with Crippen LogP contribution in [0.3, 0.4) is 0 Å². The molecule has 0 aliphatic carbocycles. The van der Waals surface area contributed by atoms with Crippen molar-refractivity contribution in [3.8, 4) is 5.88 Å². The molecule has 114 valence electrons. The Morgan fingerprint density at radius 3 is 3.19 bits per heavy atom. The molecule has 2 rings (SSSR count). The lowest BCUT2D eigenvalue weighted by molar-refractivity contribution is -0.122. The summed E-state index contributed by atoms with van der Waals surface area (Å²) in [5.41, 5.74) is 0.778. The summed E-state index contributed by atoms with van der Waals surface area (Å²) in [6.07, 6.45) is 4.15. The predicted octanol–water partition coefficient (Wildman–Crippen LogP) is 0.558. The van der Waals surface area contributed by atoms with Gasteiger partial charge in [-0.25, -0.2) is 9.78 Å². The van der Waals surface area contributed by atoms with E-state index in [0.29, 0.717) is 18.8 Å². The van der Waals surface area contributed by atoms with Gasteiger partial charge in [0.2, 0.25) is 11.8 Å². The van der Waals surface area contributed by atoms with Gasteiger partial charge in [0.1, 0.15) is 6.04 Å². The van der Waals surface area contributed by atoms with Crippen LogP contribution in [-0.4, -0.2) is 36.6 Å². The largest absolute Gasteiger partial charge is 0.481 e. The number of urea groups is 1.